The number of para-hydroxylation sites is 1. The lowest BCUT2D eigenvalue weighted by Crippen LogP contribution is -2.52. The summed E-state index contributed by atoms with van der Waals surface area (Å²) in [5, 5.41) is 11.3. The molecule has 3 aliphatic heterocycles. The summed E-state index contributed by atoms with van der Waals surface area (Å²) >= 11 is 0. The Bertz CT molecular complexity index is 835. The number of aliphatic carboxylic acids is 1. The number of quaternary nitrogens is 1. The van der Waals surface area contributed by atoms with Crippen LogP contribution in [-0.4, -0.2) is 47.2 Å². The van der Waals surface area contributed by atoms with Crippen LogP contribution in [0.1, 0.15) is 30.5 Å². The van der Waals surface area contributed by atoms with Crippen LogP contribution >= 0.6 is 0 Å². The highest BCUT2D eigenvalue weighted by Gasteiger charge is 2.43. The number of piperidine rings is 1. The molecular weight excluding hydrogens is 300 g/mol. The van der Waals surface area contributed by atoms with Gasteiger partial charge in [-0.1, -0.05) is 24.3 Å². The Hall–Kier alpha value is -2.07. The molecule has 2 N–H and O–H groups in total. The summed E-state index contributed by atoms with van der Waals surface area (Å²) in [5.74, 6) is -1.07. The molecule has 1 saturated heterocycles. The van der Waals surface area contributed by atoms with E-state index in [9.17, 15) is 9.90 Å². The Morgan fingerprint density at radius 3 is 2.88 bits per heavy atom. The summed E-state index contributed by atoms with van der Waals surface area (Å²) in [4.78, 5) is 15.7. The van der Waals surface area contributed by atoms with Crippen LogP contribution in [-0.2, 0) is 11.2 Å². The molecule has 3 aliphatic rings. The van der Waals surface area contributed by atoms with E-state index >= 15 is 0 Å². The van der Waals surface area contributed by atoms with Gasteiger partial charge in [-0.25, -0.2) is 0 Å². The van der Waals surface area contributed by atoms with E-state index in [-0.39, 0.29) is 5.92 Å². The van der Waals surface area contributed by atoms with Crippen molar-refractivity contribution in [3.8, 4) is 0 Å². The molecule has 3 atom stereocenters. The molecule has 0 radical (unpaired) electrons. The van der Waals surface area contributed by atoms with Gasteiger partial charge in [-0.2, -0.15) is 0 Å². The molecule has 4 heterocycles. The monoisotopic (exact) mass is 325 g/mol. The number of hydrogen-bond acceptors (Lipinski definition) is 1. The van der Waals surface area contributed by atoms with Crippen molar-refractivity contribution in [2.75, 3.05) is 26.7 Å². The summed E-state index contributed by atoms with van der Waals surface area (Å²) in [5.41, 5.74) is 4.52. The minimum absolute atomic E-state index is 0.101. The van der Waals surface area contributed by atoms with Crippen LogP contribution in [0.4, 0.5) is 0 Å². The highest BCUT2D eigenvalue weighted by molar-refractivity contribution is 5.88. The quantitative estimate of drug-likeness (QED) is 0.624. The van der Waals surface area contributed by atoms with Crippen LogP contribution in [0.3, 0.4) is 0 Å². The lowest BCUT2D eigenvalue weighted by atomic mass is 9.78. The van der Waals surface area contributed by atoms with Crippen molar-refractivity contribution in [2.45, 2.75) is 25.7 Å². The van der Waals surface area contributed by atoms with Crippen molar-refractivity contribution in [1.29, 1.82) is 0 Å². The maximum absolute atomic E-state index is 12.2. The number of benzene rings is 1. The smallest absolute Gasteiger partial charge is 0.313 e. The SMILES string of the molecule is C/C=C1/C[N@+]2(C)CCc3c([nH]c4ccccc34)[C@H](C(=O)O)[C@H]1CC2. The van der Waals surface area contributed by atoms with Gasteiger partial charge in [-0.15, -0.1) is 0 Å². The zero-order valence-corrected chi connectivity index (χ0v) is 14.4. The van der Waals surface area contributed by atoms with E-state index in [1.807, 2.05) is 12.1 Å². The van der Waals surface area contributed by atoms with Crippen LogP contribution < -0.4 is 0 Å². The molecule has 0 unspecified atom stereocenters. The van der Waals surface area contributed by atoms with E-state index in [0.717, 1.165) is 48.2 Å². The van der Waals surface area contributed by atoms with Crippen molar-refractivity contribution in [1.82, 2.24) is 4.98 Å². The molecular formula is C20H25N2O2+. The number of carboxylic acids is 1. The van der Waals surface area contributed by atoms with Gasteiger partial charge >= 0.3 is 5.97 Å². The molecule has 0 amide bonds. The first-order valence-corrected chi connectivity index (χ1v) is 8.83. The molecule has 4 heteroatoms. The lowest BCUT2D eigenvalue weighted by molar-refractivity contribution is -0.909. The zero-order chi connectivity index (χ0) is 16.9. The number of aromatic nitrogens is 1. The third-order valence-electron chi connectivity index (χ3n) is 6.12. The second-order valence-electron chi connectivity index (χ2n) is 7.61. The van der Waals surface area contributed by atoms with Gasteiger partial charge in [0.1, 0.15) is 12.5 Å². The fourth-order valence-electron chi connectivity index (χ4n) is 4.78. The van der Waals surface area contributed by atoms with Crippen molar-refractivity contribution >= 4 is 16.9 Å². The number of hydrogen-bond donors (Lipinski definition) is 2. The van der Waals surface area contributed by atoms with Gasteiger partial charge in [-0.05, 0) is 24.1 Å². The first-order chi connectivity index (χ1) is 11.5. The first kappa shape index (κ1) is 15.5. The van der Waals surface area contributed by atoms with Crippen LogP contribution in [0.15, 0.2) is 35.9 Å². The molecule has 126 valence electrons. The van der Waals surface area contributed by atoms with Gasteiger partial charge in [0.15, 0.2) is 0 Å². The first-order valence-electron chi connectivity index (χ1n) is 8.83. The molecule has 1 aromatic heterocycles. The van der Waals surface area contributed by atoms with Crippen LogP contribution in [0.2, 0.25) is 0 Å². The van der Waals surface area contributed by atoms with Gasteiger partial charge < -0.3 is 14.6 Å². The summed E-state index contributed by atoms with van der Waals surface area (Å²) in [6, 6.07) is 8.23. The molecule has 5 rings (SSSR count). The number of fused-ring (bicyclic) bond motifs is 4. The van der Waals surface area contributed by atoms with Crippen molar-refractivity contribution in [3.63, 3.8) is 0 Å². The summed E-state index contributed by atoms with van der Waals surface area (Å²) < 4.78 is 1.02. The van der Waals surface area contributed by atoms with Crippen LogP contribution in [0.25, 0.3) is 10.9 Å². The lowest BCUT2D eigenvalue weighted by Gasteiger charge is -2.42. The molecule has 0 aliphatic carbocycles. The summed E-state index contributed by atoms with van der Waals surface area (Å²) in [7, 11) is 2.31. The minimum Gasteiger partial charge on any atom is -0.481 e. The standard InChI is InChI=1S/C20H24N2O2/c1-3-13-12-22(2)10-8-14(13)18(20(23)24)19-16(9-11-22)15-6-4-5-7-17(15)21-19/h3-7,14,18,21H,8-12H2,1-2H3/p+1/b13-3-/t14-,18+,22-/m0/s1. The van der Waals surface area contributed by atoms with Crippen LogP contribution in [0, 0.1) is 5.92 Å². The molecule has 2 bridgehead atoms. The molecule has 0 spiro atoms. The van der Waals surface area contributed by atoms with E-state index in [1.165, 1.54) is 16.5 Å². The highest BCUT2D eigenvalue weighted by Crippen LogP contribution is 2.42. The maximum Gasteiger partial charge on any atom is 0.313 e. The van der Waals surface area contributed by atoms with Gasteiger partial charge in [-0.3, -0.25) is 4.79 Å². The number of nitrogens with zero attached hydrogens (tertiary/aromatic N) is 1. The number of allylic oxidation sites excluding steroid dienone is 1. The topological polar surface area (TPSA) is 53.1 Å². The van der Waals surface area contributed by atoms with Crippen molar-refractivity contribution in [3.05, 3.63) is 47.2 Å². The Kier molecular flexibility index (Phi) is 3.53. The molecule has 2 aromatic rings. The number of aromatic amines is 1. The number of nitrogens with one attached hydrogen (secondary N) is 1. The summed E-state index contributed by atoms with van der Waals surface area (Å²) in [6.45, 7) is 5.16. The normalized spacial score (nSPS) is 31.5. The van der Waals surface area contributed by atoms with Crippen LogP contribution in [0.5, 0.6) is 0 Å². The van der Waals surface area contributed by atoms with Crippen molar-refractivity contribution in [2.24, 2.45) is 5.92 Å². The predicted molar refractivity (Wildman–Crippen MR) is 95.0 cm³/mol. The number of carbonyl (C=O) groups is 1. The third-order valence-corrected chi connectivity index (χ3v) is 6.12. The fourth-order valence-corrected chi connectivity index (χ4v) is 4.78. The average molecular weight is 325 g/mol. The number of H-pyrrole nitrogens is 1. The minimum atomic E-state index is -0.704. The maximum atomic E-state index is 12.2. The molecule has 4 nitrogen and oxygen atoms in total. The molecule has 24 heavy (non-hydrogen) atoms. The molecule has 0 saturated carbocycles. The van der Waals surface area contributed by atoms with E-state index in [4.69, 9.17) is 0 Å². The average Bonchev–Trinajstić information content (AvgIpc) is 2.95. The van der Waals surface area contributed by atoms with Gasteiger partial charge in [0.25, 0.3) is 0 Å². The van der Waals surface area contributed by atoms with E-state index in [0.29, 0.717) is 0 Å². The third kappa shape index (κ3) is 2.28. The number of rotatable bonds is 1. The second kappa shape index (κ2) is 5.49. The summed E-state index contributed by atoms with van der Waals surface area (Å²) in [6.07, 6.45) is 4.04. The fraction of sp³-hybridized carbons (Fsp3) is 0.450. The van der Waals surface area contributed by atoms with Gasteiger partial charge in [0.2, 0.25) is 0 Å². The zero-order valence-electron chi connectivity index (χ0n) is 14.4. The largest absolute Gasteiger partial charge is 0.481 e. The predicted octanol–water partition coefficient (Wildman–Crippen LogP) is 3.31. The van der Waals surface area contributed by atoms with Crippen molar-refractivity contribution < 1.29 is 14.4 Å². The van der Waals surface area contributed by atoms with Gasteiger partial charge in [0, 0.05) is 35.4 Å². The van der Waals surface area contributed by atoms with Gasteiger partial charge in [0.05, 0.1) is 20.1 Å². The Morgan fingerprint density at radius 1 is 1.33 bits per heavy atom. The number of carboxylic acid groups (broad SMARTS) is 1. The molecule has 1 aromatic carbocycles. The van der Waals surface area contributed by atoms with E-state index < -0.39 is 11.9 Å². The van der Waals surface area contributed by atoms with E-state index in [1.54, 1.807) is 0 Å². The number of likely N-dealkylation sites (N-methyl/N-ethyl adjacent to an activating group) is 1. The second-order valence-corrected chi connectivity index (χ2v) is 7.61. The Labute approximate surface area is 142 Å². The Balaban J connectivity index is 1.96. The highest BCUT2D eigenvalue weighted by atomic mass is 16.4. The van der Waals surface area contributed by atoms with E-state index in [2.05, 4.69) is 37.2 Å². The molecule has 1 fully saturated rings. The Morgan fingerprint density at radius 2 is 2.12 bits per heavy atom.